The number of carbonyl (C=O) groups is 2. The van der Waals surface area contributed by atoms with Crippen LogP contribution in [0, 0.1) is 5.41 Å². The van der Waals surface area contributed by atoms with Gasteiger partial charge in [-0.1, -0.05) is 44.2 Å². The Morgan fingerprint density at radius 2 is 1.64 bits per heavy atom. The molecule has 0 unspecified atom stereocenters. The summed E-state index contributed by atoms with van der Waals surface area (Å²) in [5.74, 6) is 0.765. The van der Waals surface area contributed by atoms with Crippen molar-refractivity contribution in [1.82, 2.24) is 0 Å². The number of hydrogen-bond donors (Lipinski definition) is 0. The zero-order valence-electron chi connectivity index (χ0n) is 16.6. The van der Waals surface area contributed by atoms with Gasteiger partial charge in [-0.05, 0) is 41.7 Å². The Balaban J connectivity index is 1.86. The van der Waals surface area contributed by atoms with Crippen LogP contribution >= 0.6 is 0 Å². The molecule has 0 aromatic heterocycles. The van der Waals surface area contributed by atoms with E-state index >= 15 is 0 Å². The molecule has 4 heteroatoms. The molecule has 0 saturated heterocycles. The van der Waals surface area contributed by atoms with Crippen LogP contribution in [0.2, 0.25) is 0 Å². The van der Waals surface area contributed by atoms with Crippen LogP contribution in [0.5, 0.6) is 5.75 Å². The normalized spacial score (nSPS) is 21.5. The highest BCUT2D eigenvalue weighted by molar-refractivity contribution is 6.07. The number of carbonyl (C=O) groups excluding carboxylic acids is 2. The second-order valence-corrected chi connectivity index (χ2v) is 8.40. The Hall–Kier alpha value is -2.88. The molecular formula is C24H25NO3. The molecule has 1 amide bonds. The number of benzene rings is 2. The van der Waals surface area contributed by atoms with Crippen molar-refractivity contribution in [3.05, 3.63) is 71.4 Å². The molecule has 28 heavy (non-hydrogen) atoms. The predicted octanol–water partition coefficient (Wildman–Crippen LogP) is 4.86. The summed E-state index contributed by atoms with van der Waals surface area (Å²) in [6.45, 7) is 4.19. The zero-order valence-corrected chi connectivity index (χ0v) is 16.6. The Kier molecular flexibility index (Phi) is 4.58. The van der Waals surface area contributed by atoms with E-state index in [9.17, 15) is 9.59 Å². The lowest BCUT2D eigenvalue weighted by Crippen LogP contribution is -2.43. The molecule has 4 nitrogen and oxygen atoms in total. The molecule has 0 saturated carbocycles. The predicted molar refractivity (Wildman–Crippen MR) is 109 cm³/mol. The van der Waals surface area contributed by atoms with Crippen LogP contribution in [0.15, 0.2) is 65.9 Å². The largest absolute Gasteiger partial charge is 0.497 e. The fourth-order valence-corrected chi connectivity index (χ4v) is 4.42. The van der Waals surface area contributed by atoms with Crippen molar-refractivity contribution in [3.63, 3.8) is 0 Å². The number of rotatable bonds is 3. The number of Topliss-reactive ketones (excluding diaryl/α,β-unsaturated/α-hetero) is 1. The number of ketones is 1. The van der Waals surface area contributed by atoms with Gasteiger partial charge in [0.1, 0.15) is 5.75 Å². The molecular weight excluding hydrogens is 350 g/mol. The van der Waals surface area contributed by atoms with E-state index in [4.69, 9.17) is 4.74 Å². The number of anilines is 1. The van der Waals surface area contributed by atoms with Gasteiger partial charge in [-0.2, -0.15) is 0 Å². The molecule has 0 bridgehead atoms. The van der Waals surface area contributed by atoms with Crippen LogP contribution < -0.4 is 9.64 Å². The number of allylic oxidation sites excluding steroid dienone is 2. The molecule has 2 aromatic carbocycles. The van der Waals surface area contributed by atoms with Crippen LogP contribution in [-0.2, 0) is 9.59 Å². The molecule has 144 valence electrons. The molecule has 2 aliphatic rings. The van der Waals surface area contributed by atoms with Gasteiger partial charge in [-0.3, -0.25) is 14.5 Å². The van der Waals surface area contributed by atoms with E-state index in [0.29, 0.717) is 19.3 Å². The van der Waals surface area contributed by atoms with E-state index < -0.39 is 0 Å². The molecule has 1 atom stereocenters. The zero-order chi connectivity index (χ0) is 19.9. The van der Waals surface area contributed by atoms with Crippen LogP contribution in [0.3, 0.4) is 0 Å². The topological polar surface area (TPSA) is 46.6 Å². The summed E-state index contributed by atoms with van der Waals surface area (Å²) >= 11 is 0. The average molecular weight is 375 g/mol. The molecule has 0 radical (unpaired) electrons. The first-order valence-electron chi connectivity index (χ1n) is 9.68. The first-order valence-corrected chi connectivity index (χ1v) is 9.68. The van der Waals surface area contributed by atoms with Crippen molar-refractivity contribution in [3.8, 4) is 5.75 Å². The summed E-state index contributed by atoms with van der Waals surface area (Å²) in [5, 5.41) is 0. The smallest absolute Gasteiger partial charge is 0.232 e. The quantitative estimate of drug-likeness (QED) is 0.770. The lowest BCUT2D eigenvalue weighted by molar-refractivity contribution is -0.121. The van der Waals surface area contributed by atoms with Gasteiger partial charge >= 0.3 is 0 Å². The molecule has 1 aliphatic heterocycles. The van der Waals surface area contributed by atoms with Crippen molar-refractivity contribution in [2.24, 2.45) is 5.41 Å². The van der Waals surface area contributed by atoms with Crippen molar-refractivity contribution in [2.75, 3.05) is 12.0 Å². The van der Waals surface area contributed by atoms with Gasteiger partial charge in [0.2, 0.25) is 5.91 Å². The highest BCUT2D eigenvalue weighted by atomic mass is 16.5. The maximum Gasteiger partial charge on any atom is 0.232 e. The van der Waals surface area contributed by atoms with Crippen molar-refractivity contribution in [2.45, 2.75) is 39.0 Å². The summed E-state index contributed by atoms with van der Waals surface area (Å²) in [5.41, 5.74) is 3.32. The highest BCUT2D eigenvalue weighted by Gasteiger charge is 2.44. The van der Waals surface area contributed by atoms with Gasteiger partial charge in [-0.15, -0.1) is 0 Å². The molecule has 1 aliphatic carbocycles. The average Bonchev–Trinajstić information content (AvgIpc) is 2.67. The van der Waals surface area contributed by atoms with E-state index in [1.165, 1.54) is 0 Å². The lowest BCUT2D eigenvalue weighted by Gasteiger charge is -2.43. The number of ether oxygens (including phenoxy) is 1. The van der Waals surface area contributed by atoms with Crippen LogP contribution in [0.1, 0.15) is 44.6 Å². The highest BCUT2D eigenvalue weighted by Crippen LogP contribution is 2.48. The SMILES string of the molecule is COc1ccc(N2C(=O)C[C@@H](c3ccccc3)C3=C2CC(C)(C)CC3=O)cc1. The third kappa shape index (κ3) is 3.24. The second kappa shape index (κ2) is 6.93. The molecule has 1 heterocycles. The minimum absolute atomic E-state index is 0.0308. The third-order valence-corrected chi connectivity index (χ3v) is 5.68. The molecule has 0 fully saturated rings. The van der Waals surface area contributed by atoms with Gasteiger partial charge in [-0.25, -0.2) is 0 Å². The lowest BCUT2D eigenvalue weighted by atomic mass is 9.69. The monoisotopic (exact) mass is 375 g/mol. The van der Waals surface area contributed by atoms with E-state index in [0.717, 1.165) is 28.3 Å². The molecule has 2 aromatic rings. The van der Waals surface area contributed by atoms with Gasteiger partial charge in [0.05, 0.1) is 7.11 Å². The summed E-state index contributed by atoms with van der Waals surface area (Å²) in [6, 6.07) is 17.4. The Morgan fingerprint density at radius 3 is 2.29 bits per heavy atom. The number of nitrogens with zero attached hydrogens (tertiary/aromatic N) is 1. The molecule has 0 N–H and O–H groups in total. The number of hydrogen-bond acceptors (Lipinski definition) is 3. The Morgan fingerprint density at radius 1 is 0.964 bits per heavy atom. The van der Waals surface area contributed by atoms with E-state index in [2.05, 4.69) is 13.8 Å². The maximum atomic E-state index is 13.3. The summed E-state index contributed by atoms with van der Waals surface area (Å²) < 4.78 is 5.25. The maximum absolute atomic E-state index is 13.3. The van der Waals surface area contributed by atoms with Crippen LogP contribution in [0.4, 0.5) is 5.69 Å². The van der Waals surface area contributed by atoms with Crippen LogP contribution in [0.25, 0.3) is 0 Å². The van der Waals surface area contributed by atoms with Crippen LogP contribution in [-0.4, -0.2) is 18.8 Å². The fourth-order valence-electron chi connectivity index (χ4n) is 4.42. The Bertz CT molecular complexity index is 942. The minimum atomic E-state index is -0.167. The van der Waals surface area contributed by atoms with Crippen molar-refractivity contribution >= 4 is 17.4 Å². The van der Waals surface area contributed by atoms with Gasteiger partial charge in [0, 0.05) is 35.7 Å². The summed E-state index contributed by atoms with van der Waals surface area (Å²) in [6.07, 6.45) is 1.52. The van der Waals surface area contributed by atoms with Crippen molar-refractivity contribution < 1.29 is 14.3 Å². The number of amides is 1. The van der Waals surface area contributed by atoms with E-state index in [-0.39, 0.29) is 23.0 Å². The van der Waals surface area contributed by atoms with Gasteiger partial charge < -0.3 is 4.74 Å². The van der Waals surface area contributed by atoms with Crippen molar-refractivity contribution in [1.29, 1.82) is 0 Å². The minimum Gasteiger partial charge on any atom is -0.497 e. The standard InChI is InChI=1S/C24H25NO3/c1-24(2)14-20-23(21(26)15-24)19(16-7-5-4-6-8-16)13-22(27)25(20)17-9-11-18(28-3)12-10-17/h4-12,19H,13-15H2,1-3H3/t19-/m0/s1. The first kappa shape index (κ1) is 18.5. The Labute approximate surface area is 165 Å². The van der Waals surface area contributed by atoms with E-state index in [1.807, 2.05) is 54.6 Å². The van der Waals surface area contributed by atoms with Gasteiger partial charge in [0.25, 0.3) is 0 Å². The third-order valence-electron chi connectivity index (χ3n) is 5.68. The van der Waals surface area contributed by atoms with E-state index in [1.54, 1.807) is 12.0 Å². The first-order chi connectivity index (χ1) is 13.4. The fraction of sp³-hybridized carbons (Fsp3) is 0.333. The number of methoxy groups -OCH3 is 1. The van der Waals surface area contributed by atoms with Gasteiger partial charge in [0.15, 0.2) is 5.78 Å². The summed E-state index contributed by atoms with van der Waals surface area (Å²) in [7, 11) is 1.62. The molecule has 4 rings (SSSR count). The molecule has 0 spiro atoms. The second-order valence-electron chi connectivity index (χ2n) is 8.40. The summed E-state index contributed by atoms with van der Waals surface area (Å²) in [4.78, 5) is 28.2.